The Balaban J connectivity index is 1.90. The fourth-order valence-electron chi connectivity index (χ4n) is 3.15. The Morgan fingerprint density at radius 2 is 1.63 bits per heavy atom. The van der Waals surface area contributed by atoms with Gasteiger partial charge in [-0.25, -0.2) is 13.6 Å². The van der Waals surface area contributed by atoms with Crippen LogP contribution in [-0.4, -0.2) is 18.0 Å². The van der Waals surface area contributed by atoms with Gasteiger partial charge in [0, 0.05) is 12.2 Å². The molecule has 0 aliphatic rings. The number of nitrogens with two attached hydrogens (primary N) is 1. The number of hydrogen-bond acceptors (Lipinski definition) is 4. The number of aryl methyl sites for hydroxylation is 2. The second kappa shape index (κ2) is 7.46. The second-order valence-electron chi connectivity index (χ2n) is 6.38. The number of sulfonamides is 1. The van der Waals surface area contributed by atoms with Crippen LogP contribution in [0.5, 0.6) is 0 Å². The Morgan fingerprint density at radius 3 is 2.22 bits per heavy atom. The van der Waals surface area contributed by atoms with Crippen molar-refractivity contribution in [3.63, 3.8) is 0 Å². The molecule has 0 saturated heterocycles. The average molecular weight is 383 g/mol. The molecule has 0 unspecified atom stereocenters. The quantitative estimate of drug-likeness (QED) is 0.732. The maximum absolute atomic E-state index is 12.4. The average Bonchev–Trinajstić information content (AvgIpc) is 2.62. The molecule has 7 heteroatoms. The van der Waals surface area contributed by atoms with Crippen molar-refractivity contribution in [2.24, 2.45) is 5.14 Å². The number of rotatable bonds is 5. The highest BCUT2D eigenvalue weighted by atomic mass is 32.2. The van der Waals surface area contributed by atoms with Crippen molar-refractivity contribution >= 4 is 10.0 Å². The van der Waals surface area contributed by atoms with E-state index in [-0.39, 0.29) is 10.5 Å². The van der Waals surface area contributed by atoms with Crippen molar-refractivity contribution in [1.82, 2.24) is 9.55 Å². The predicted octanol–water partition coefficient (Wildman–Crippen LogP) is 2.42. The zero-order valence-corrected chi connectivity index (χ0v) is 16.0. The first-order chi connectivity index (χ1) is 12.8. The van der Waals surface area contributed by atoms with Gasteiger partial charge in [0.25, 0.3) is 5.56 Å². The van der Waals surface area contributed by atoms with Gasteiger partial charge in [-0.1, -0.05) is 42.5 Å². The highest BCUT2D eigenvalue weighted by molar-refractivity contribution is 7.89. The normalized spacial score (nSPS) is 11.5. The number of primary sulfonamides is 1. The lowest BCUT2D eigenvalue weighted by molar-refractivity contribution is 0.597. The number of nitrogens with zero attached hydrogens (tertiary/aromatic N) is 2. The van der Waals surface area contributed by atoms with Crippen LogP contribution in [0.2, 0.25) is 0 Å². The minimum absolute atomic E-state index is 0.0926. The van der Waals surface area contributed by atoms with E-state index in [1.165, 1.54) is 12.1 Å². The van der Waals surface area contributed by atoms with Gasteiger partial charge in [-0.2, -0.15) is 4.98 Å². The van der Waals surface area contributed by atoms with Gasteiger partial charge in [0.2, 0.25) is 10.0 Å². The summed E-state index contributed by atoms with van der Waals surface area (Å²) in [6.07, 6.45) is 0.672. The lowest BCUT2D eigenvalue weighted by Gasteiger charge is -2.17. The zero-order chi connectivity index (χ0) is 19.6. The monoisotopic (exact) mass is 383 g/mol. The summed E-state index contributed by atoms with van der Waals surface area (Å²) in [4.78, 5) is 16.7. The molecule has 0 radical (unpaired) electrons. The minimum atomic E-state index is -3.69. The maximum Gasteiger partial charge on any atom is 0.281 e. The molecule has 0 atom stereocenters. The first-order valence-corrected chi connectivity index (χ1v) is 10.1. The van der Waals surface area contributed by atoms with E-state index in [4.69, 9.17) is 5.14 Å². The smallest absolute Gasteiger partial charge is 0.281 e. The number of hydrogen-bond donors (Lipinski definition) is 1. The summed E-state index contributed by atoms with van der Waals surface area (Å²) in [6.45, 7) is 4.36. The van der Waals surface area contributed by atoms with Gasteiger partial charge in [0.15, 0.2) is 0 Å². The Hall–Kier alpha value is -2.77. The standard InChI is InChI=1S/C20H21N3O3S/c1-14-19(17-6-4-3-5-7-17)20(24)22-15(2)23(14)13-12-16-8-10-18(11-9-16)27(21,25)26/h3-11H,12-13H2,1-2H3,(H2,21,25,26). The molecule has 0 fully saturated rings. The first kappa shape index (κ1) is 19.0. The number of aromatic nitrogens is 2. The summed E-state index contributed by atoms with van der Waals surface area (Å²) < 4.78 is 24.7. The van der Waals surface area contributed by atoms with Crippen LogP contribution in [0.1, 0.15) is 17.1 Å². The third-order valence-corrected chi connectivity index (χ3v) is 5.50. The van der Waals surface area contributed by atoms with Gasteiger partial charge in [-0.3, -0.25) is 4.79 Å². The van der Waals surface area contributed by atoms with Crippen molar-refractivity contribution in [2.45, 2.75) is 31.7 Å². The van der Waals surface area contributed by atoms with Crippen molar-refractivity contribution in [3.8, 4) is 11.1 Å². The van der Waals surface area contributed by atoms with E-state index in [2.05, 4.69) is 4.98 Å². The Bertz CT molecular complexity index is 1120. The largest absolute Gasteiger partial charge is 0.333 e. The van der Waals surface area contributed by atoms with Crippen molar-refractivity contribution in [3.05, 3.63) is 82.0 Å². The van der Waals surface area contributed by atoms with E-state index in [1.54, 1.807) is 12.1 Å². The molecule has 3 aromatic rings. The molecular formula is C20H21N3O3S. The molecular weight excluding hydrogens is 362 g/mol. The fraction of sp³-hybridized carbons (Fsp3) is 0.200. The molecule has 0 spiro atoms. The molecule has 6 nitrogen and oxygen atoms in total. The molecule has 1 heterocycles. The second-order valence-corrected chi connectivity index (χ2v) is 7.94. The van der Waals surface area contributed by atoms with Gasteiger partial charge in [0.05, 0.1) is 10.5 Å². The topological polar surface area (TPSA) is 95.0 Å². The van der Waals surface area contributed by atoms with E-state index in [9.17, 15) is 13.2 Å². The van der Waals surface area contributed by atoms with Crippen LogP contribution >= 0.6 is 0 Å². The summed E-state index contributed by atoms with van der Waals surface area (Å²) >= 11 is 0. The van der Waals surface area contributed by atoms with Gasteiger partial charge < -0.3 is 4.57 Å². The lowest BCUT2D eigenvalue weighted by atomic mass is 10.1. The molecule has 1 aromatic heterocycles. The summed E-state index contributed by atoms with van der Waals surface area (Å²) in [7, 11) is -3.69. The van der Waals surface area contributed by atoms with Crippen LogP contribution in [0.15, 0.2) is 64.3 Å². The van der Waals surface area contributed by atoms with Crippen LogP contribution in [0.4, 0.5) is 0 Å². The number of benzene rings is 2. The van der Waals surface area contributed by atoms with E-state index in [1.807, 2.05) is 48.7 Å². The first-order valence-electron chi connectivity index (χ1n) is 8.52. The van der Waals surface area contributed by atoms with E-state index >= 15 is 0 Å². The maximum atomic E-state index is 12.4. The van der Waals surface area contributed by atoms with E-state index in [0.717, 1.165) is 16.8 Å². The van der Waals surface area contributed by atoms with Gasteiger partial charge in [-0.15, -0.1) is 0 Å². The molecule has 0 aliphatic heterocycles. The molecule has 0 bridgehead atoms. The minimum Gasteiger partial charge on any atom is -0.333 e. The zero-order valence-electron chi connectivity index (χ0n) is 15.2. The molecule has 2 aromatic carbocycles. The molecule has 140 valence electrons. The lowest BCUT2D eigenvalue weighted by Crippen LogP contribution is -2.22. The molecule has 27 heavy (non-hydrogen) atoms. The Kier molecular flexibility index (Phi) is 5.25. The van der Waals surface area contributed by atoms with Gasteiger partial charge in [0.1, 0.15) is 5.82 Å². The van der Waals surface area contributed by atoms with Crippen molar-refractivity contribution in [2.75, 3.05) is 0 Å². The fourth-order valence-corrected chi connectivity index (χ4v) is 3.66. The highest BCUT2D eigenvalue weighted by Gasteiger charge is 2.13. The summed E-state index contributed by atoms with van der Waals surface area (Å²) in [5.74, 6) is 0.651. The summed E-state index contributed by atoms with van der Waals surface area (Å²) in [5, 5.41) is 5.13. The summed E-state index contributed by atoms with van der Waals surface area (Å²) in [6, 6.07) is 16.0. The van der Waals surface area contributed by atoms with E-state index < -0.39 is 10.0 Å². The van der Waals surface area contributed by atoms with Gasteiger partial charge in [-0.05, 0) is 43.5 Å². The van der Waals surface area contributed by atoms with Crippen LogP contribution < -0.4 is 10.7 Å². The van der Waals surface area contributed by atoms with Crippen molar-refractivity contribution in [1.29, 1.82) is 0 Å². The molecule has 2 N–H and O–H groups in total. The molecule has 0 saturated carbocycles. The van der Waals surface area contributed by atoms with Crippen molar-refractivity contribution < 1.29 is 8.42 Å². The third kappa shape index (κ3) is 4.15. The summed E-state index contributed by atoms with van der Waals surface area (Å²) in [5.41, 5.74) is 3.05. The SMILES string of the molecule is Cc1nc(=O)c(-c2ccccc2)c(C)n1CCc1ccc(S(N)(=O)=O)cc1. The highest BCUT2D eigenvalue weighted by Crippen LogP contribution is 2.20. The van der Waals surface area contributed by atoms with Crippen LogP contribution in [0.3, 0.4) is 0 Å². The Labute approximate surface area is 158 Å². The predicted molar refractivity (Wildman–Crippen MR) is 105 cm³/mol. The third-order valence-electron chi connectivity index (χ3n) is 4.57. The van der Waals surface area contributed by atoms with Crippen LogP contribution in [-0.2, 0) is 23.0 Å². The molecule has 3 rings (SSSR count). The van der Waals surface area contributed by atoms with Crippen LogP contribution in [0, 0.1) is 13.8 Å². The van der Waals surface area contributed by atoms with E-state index in [0.29, 0.717) is 24.4 Å². The van der Waals surface area contributed by atoms with Crippen LogP contribution in [0.25, 0.3) is 11.1 Å². The molecule has 0 aliphatic carbocycles. The van der Waals surface area contributed by atoms with Gasteiger partial charge >= 0.3 is 0 Å². The molecule has 0 amide bonds. The Morgan fingerprint density at radius 1 is 1.00 bits per heavy atom.